The minimum Gasteiger partial charge on any atom is -0.370 e. The summed E-state index contributed by atoms with van der Waals surface area (Å²) in [5, 5.41) is 2.84. The Hall–Kier alpha value is -0.676. The maximum atomic E-state index is 5.76. The van der Waals surface area contributed by atoms with Crippen LogP contribution < -0.4 is 16.8 Å². The SMILES string of the molecule is CCCCCCCN=C(N)NC(N)=NCCCCCCC.[V]. The molecule has 0 spiro atoms. The third kappa shape index (κ3) is 17.4. The van der Waals surface area contributed by atoms with Crippen LogP contribution in [0.2, 0.25) is 0 Å². The van der Waals surface area contributed by atoms with Crippen LogP contribution in [0.3, 0.4) is 0 Å². The predicted octanol–water partition coefficient (Wildman–Crippen LogP) is 3.14. The molecule has 129 valence electrons. The Kier molecular flexibility index (Phi) is 19.7. The monoisotopic (exact) mass is 348 g/mol. The van der Waals surface area contributed by atoms with Crippen molar-refractivity contribution in [3.8, 4) is 0 Å². The molecule has 0 aromatic heterocycles. The molecule has 5 N–H and O–H groups in total. The second-order valence-electron chi connectivity index (χ2n) is 5.49. The summed E-state index contributed by atoms with van der Waals surface area (Å²) in [4.78, 5) is 8.51. The maximum absolute atomic E-state index is 5.76. The van der Waals surface area contributed by atoms with E-state index in [-0.39, 0.29) is 18.6 Å². The van der Waals surface area contributed by atoms with E-state index < -0.39 is 0 Å². The van der Waals surface area contributed by atoms with Gasteiger partial charge in [-0.2, -0.15) is 0 Å². The Balaban J connectivity index is 0. The fourth-order valence-corrected chi connectivity index (χ4v) is 2.04. The largest absolute Gasteiger partial charge is 0.370 e. The van der Waals surface area contributed by atoms with Crippen molar-refractivity contribution in [3.05, 3.63) is 0 Å². The Labute approximate surface area is 148 Å². The summed E-state index contributed by atoms with van der Waals surface area (Å²) >= 11 is 0. The summed E-state index contributed by atoms with van der Waals surface area (Å²) in [5.41, 5.74) is 11.5. The summed E-state index contributed by atoms with van der Waals surface area (Å²) in [6.45, 7) is 5.94. The minimum atomic E-state index is 0. The molecule has 22 heavy (non-hydrogen) atoms. The number of unbranched alkanes of at least 4 members (excludes halogenated alkanes) is 8. The second-order valence-corrected chi connectivity index (χ2v) is 5.49. The molecule has 0 amide bonds. The fourth-order valence-electron chi connectivity index (χ4n) is 2.04. The van der Waals surface area contributed by atoms with Crippen molar-refractivity contribution >= 4 is 11.9 Å². The molecule has 5 nitrogen and oxygen atoms in total. The third-order valence-electron chi connectivity index (χ3n) is 3.34. The molecule has 1 radical (unpaired) electrons. The van der Waals surface area contributed by atoms with Gasteiger partial charge in [-0.3, -0.25) is 15.3 Å². The van der Waals surface area contributed by atoms with E-state index in [4.69, 9.17) is 11.5 Å². The van der Waals surface area contributed by atoms with Gasteiger partial charge in [0.05, 0.1) is 0 Å². The molecule has 0 heterocycles. The van der Waals surface area contributed by atoms with E-state index in [1.807, 2.05) is 0 Å². The summed E-state index contributed by atoms with van der Waals surface area (Å²) in [6, 6.07) is 0. The van der Waals surface area contributed by atoms with Crippen LogP contribution in [-0.2, 0) is 18.6 Å². The first-order valence-corrected chi connectivity index (χ1v) is 8.57. The summed E-state index contributed by atoms with van der Waals surface area (Å²) in [5.74, 6) is 0.746. The molecular weight excluding hydrogens is 313 g/mol. The Bertz CT molecular complexity index is 264. The molecule has 0 bridgehead atoms. The zero-order valence-electron chi connectivity index (χ0n) is 14.5. The summed E-state index contributed by atoms with van der Waals surface area (Å²) in [7, 11) is 0. The minimum absolute atomic E-state index is 0. The molecule has 0 unspecified atom stereocenters. The molecular formula is C16H35N5V. The molecule has 0 rings (SSSR count). The van der Waals surface area contributed by atoms with E-state index in [1.54, 1.807) is 0 Å². The van der Waals surface area contributed by atoms with Gasteiger partial charge in [0.1, 0.15) is 0 Å². The first-order valence-electron chi connectivity index (χ1n) is 8.57. The number of aliphatic imine (C=N–C) groups is 2. The van der Waals surface area contributed by atoms with Crippen molar-refractivity contribution in [1.82, 2.24) is 5.32 Å². The van der Waals surface area contributed by atoms with Crippen molar-refractivity contribution in [1.29, 1.82) is 0 Å². The van der Waals surface area contributed by atoms with Crippen LogP contribution in [0.15, 0.2) is 9.98 Å². The fraction of sp³-hybridized carbons (Fsp3) is 0.875. The first kappa shape index (κ1) is 23.6. The van der Waals surface area contributed by atoms with Crippen molar-refractivity contribution < 1.29 is 18.6 Å². The average molecular weight is 348 g/mol. The molecule has 0 aliphatic heterocycles. The molecule has 6 heteroatoms. The van der Waals surface area contributed by atoms with Gasteiger partial charge in [-0.1, -0.05) is 65.2 Å². The third-order valence-corrected chi connectivity index (χ3v) is 3.34. The number of nitrogens with zero attached hydrogens (tertiary/aromatic N) is 2. The van der Waals surface area contributed by atoms with Gasteiger partial charge in [0.15, 0.2) is 11.9 Å². The van der Waals surface area contributed by atoms with Crippen molar-refractivity contribution in [3.63, 3.8) is 0 Å². The molecule has 0 saturated heterocycles. The number of nitrogens with two attached hydrogens (primary N) is 2. The van der Waals surface area contributed by atoms with Gasteiger partial charge in [-0.25, -0.2) is 0 Å². The number of hydrogen-bond donors (Lipinski definition) is 3. The van der Waals surface area contributed by atoms with Gasteiger partial charge >= 0.3 is 0 Å². The predicted molar refractivity (Wildman–Crippen MR) is 93.6 cm³/mol. The van der Waals surface area contributed by atoms with Gasteiger partial charge in [0.25, 0.3) is 0 Å². The molecule has 0 atom stereocenters. The molecule has 0 aromatic rings. The number of guanidine groups is 2. The first-order chi connectivity index (χ1) is 10.2. The molecule has 0 aliphatic carbocycles. The number of hydrogen-bond acceptors (Lipinski definition) is 2. The van der Waals surface area contributed by atoms with Gasteiger partial charge in [-0.05, 0) is 12.8 Å². The Morgan fingerprint density at radius 1 is 0.682 bits per heavy atom. The number of rotatable bonds is 12. The Morgan fingerprint density at radius 2 is 1.05 bits per heavy atom. The van der Waals surface area contributed by atoms with Gasteiger partial charge in [0.2, 0.25) is 0 Å². The van der Waals surface area contributed by atoms with Gasteiger partial charge < -0.3 is 11.5 Å². The van der Waals surface area contributed by atoms with E-state index in [0.29, 0.717) is 11.9 Å². The van der Waals surface area contributed by atoms with Crippen LogP contribution in [0.1, 0.15) is 78.1 Å². The zero-order chi connectivity index (χ0) is 15.8. The van der Waals surface area contributed by atoms with E-state index in [0.717, 1.165) is 25.9 Å². The summed E-state index contributed by atoms with van der Waals surface area (Å²) in [6.07, 6.45) is 12.3. The molecule has 0 aromatic carbocycles. The standard InChI is InChI=1S/C16H35N5.V/c1-3-5-7-9-11-13-19-15(17)21-16(18)20-14-12-10-8-6-4-2;/h3-14H2,1-2H3,(H5,17,18,19,20,21);. The van der Waals surface area contributed by atoms with Crippen LogP contribution in [-0.4, -0.2) is 25.0 Å². The maximum Gasteiger partial charge on any atom is 0.195 e. The molecule has 0 saturated carbocycles. The zero-order valence-corrected chi connectivity index (χ0v) is 15.9. The summed E-state index contributed by atoms with van der Waals surface area (Å²) < 4.78 is 0. The molecule has 0 aliphatic rings. The van der Waals surface area contributed by atoms with Crippen LogP contribution in [0.4, 0.5) is 0 Å². The van der Waals surface area contributed by atoms with Crippen LogP contribution >= 0.6 is 0 Å². The van der Waals surface area contributed by atoms with Crippen molar-refractivity contribution in [2.75, 3.05) is 13.1 Å². The van der Waals surface area contributed by atoms with E-state index in [2.05, 4.69) is 29.1 Å². The quantitative estimate of drug-likeness (QED) is 0.287. The topological polar surface area (TPSA) is 88.8 Å². The Morgan fingerprint density at radius 3 is 1.41 bits per heavy atom. The van der Waals surface area contributed by atoms with Crippen molar-refractivity contribution in [2.45, 2.75) is 78.1 Å². The van der Waals surface area contributed by atoms with E-state index in [1.165, 1.54) is 51.4 Å². The molecule has 0 fully saturated rings. The number of nitrogens with one attached hydrogen (secondary N) is 1. The normalized spacial score (nSPS) is 12.1. The second kappa shape index (κ2) is 18.4. The van der Waals surface area contributed by atoms with Gasteiger partial charge in [0, 0.05) is 31.6 Å². The van der Waals surface area contributed by atoms with Crippen LogP contribution in [0.25, 0.3) is 0 Å². The van der Waals surface area contributed by atoms with Crippen molar-refractivity contribution in [2.24, 2.45) is 21.5 Å². The smallest absolute Gasteiger partial charge is 0.195 e. The average Bonchev–Trinajstić information content (AvgIpc) is 2.46. The van der Waals surface area contributed by atoms with Crippen LogP contribution in [0.5, 0.6) is 0 Å². The van der Waals surface area contributed by atoms with E-state index >= 15 is 0 Å². The van der Waals surface area contributed by atoms with Gasteiger partial charge in [-0.15, -0.1) is 0 Å². The van der Waals surface area contributed by atoms with Crippen LogP contribution in [0, 0.1) is 0 Å². The van der Waals surface area contributed by atoms with E-state index in [9.17, 15) is 0 Å².